The highest BCUT2D eigenvalue weighted by atomic mass is 19.1. The van der Waals surface area contributed by atoms with Crippen LogP contribution in [0.15, 0.2) is 18.3 Å². The van der Waals surface area contributed by atoms with E-state index >= 15 is 0 Å². The molecular weight excluding hydrogens is 191 g/mol. The lowest BCUT2D eigenvalue weighted by atomic mass is 9.82. The molecular formula is C12H17FN2. The number of nitrogens with one attached hydrogen (secondary N) is 1. The molecule has 1 N–H and O–H groups in total. The Kier molecular flexibility index (Phi) is 3.31. The van der Waals surface area contributed by atoms with E-state index in [1.165, 1.54) is 18.9 Å². The van der Waals surface area contributed by atoms with Crippen LogP contribution in [-0.2, 0) is 0 Å². The Morgan fingerprint density at radius 3 is 2.73 bits per heavy atom. The molecule has 1 aromatic heterocycles. The van der Waals surface area contributed by atoms with Gasteiger partial charge >= 0.3 is 0 Å². The van der Waals surface area contributed by atoms with Gasteiger partial charge in [0.15, 0.2) is 0 Å². The van der Waals surface area contributed by atoms with Crippen molar-refractivity contribution in [3.8, 4) is 0 Å². The van der Waals surface area contributed by atoms with Crippen LogP contribution in [0.3, 0.4) is 0 Å². The average molecular weight is 208 g/mol. The fraction of sp³-hybridized carbons (Fsp3) is 0.583. The fourth-order valence-electron chi connectivity index (χ4n) is 2.27. The van der Waals surface area contributed by atoms with Gasteiger partial charge in [0.2, 0.25) is 5.95 Å². The summed E-state index contributed by atoms with van der Waals surface area (Å²) < 4.78 is 12.7. The van der Waals surface area contributed by atoms with E-state index in [4.69, 9.17) is 0 Å². The van der Waals surface area contributed by atoms with Gasteiger partial charge in [-0.25, -0.2) is 4.98 Å². The van der Waals surface area contributed by atoms with Crippen molar-refractivity contribution in [2.45, 2.75) is 25.7 Å². The second-order valence-corrected chi connectivity index (χ2v) is 4.29. The van der Waals surface area contributed by atoms with Gasteiger partial charge in [0, 0.05) is 6.20 Å². The summed E-state index contributed by atoms with van der Waals surface area (Å²) in [6.45, 7) is 4.41. The first kappa shape index (κ1) is 10.6. The maximum absolute atomic E-state index is 12.7. The first-order valence-corrected chi connectivity index (χ1v) is 5.59. The van der Waals surface area contributed by atoms with Crippen LogP contribution >= 0.6 is 0 Å². The summed E-state index contributed by atoms with van der Waals surface area (Å²) in [6.07, 6.45) is 4.08. The highest BCUT2D eigenvalue weighted by molar-refractivity contribution is 5.15. The predicted molar refractivity (Wildman–Crippen MR) is 58.2 cm³/mol. The van der Waals surface area contributed by atoms with Crippen LogP contribution in [0.1, 0.15) is 31.2 Å². The molecule has 1 unspecified atom stereocenters. The van der Waals surface area contributed by atoms with Gasteiger partial charge in [-0.2, -0.15) is 4.39 Å². The number of piperidine rings is 1. The van der Waals surface area contributed by atoms with Gasteiger partial charge in [0.05, 0.1) is 0 Å². The van der Waals surface area contributed by atoms with Crippen LogP contribution in [0, 0.1) is 11.9 Å². The Hall–Kier alpha value is -0.960. The molecule has 1 atom stereocenters. The van der Waals surface area contributed by atoms with Crippen LogP contribution in [0.4, 0.5) is 4.39 Å². The normalized spacial score (nSPS) is 20.1. The third-order valence-corrected chi connectivity index (χ3v) is 3.37. The molecule has 0 amide bonds. The largest absolute Gasteiger partial charge is 0.317 e. The maximum Gasteiger partial charge on any atom is 0.212 e. The van der Waals surface area contributed by atoms with Crippen LogP contribution < -0.4 is 5.32 Å². The zero-order chi connectivity index (χ0) is 10.7. The molecule has 1 fully saturated rings. The van der Waals surface area contributed by atoms with Crippen LogP contribution in [0.2, 0.25) is 0 Å². The zero-order valence-corrected chi connectivity index (χ0v) is 9.04. The number of pyridine rings is 1. The van der Waals surface area contributed by atoms with Crippen molar-refractivity contribution >= 4 is 0 Å². The molecule has 3 heteroatoms. The number of rotatable bonds is 2. The van der Waals surface area contributed by atoms with E-state index in [9.17, 15) is 4.39 Å². The molecule has 0 aromatic carbocycles. The van der Waals surface area contributed by atoms with Gasteiger partial charge in [-0.15, -0.1) is 0 Å². The van der Waals surface area contributed by atoms with Crippen molar-refractivity contribution in [1.82, 2.24) is 10.3 Å². The fourth-order valence-corrected chi connectivity index (χ4v) is 2.27. The standard InChI is InChI=1S/C12H17FN2/c1-9(10-4-6-14-7-5-10)11-2-3-12(13)15-8-11/h2-3,8-10,14H,4-7H2,1H3. The lowest BCUT2D eigenvalue weighted by Gasteiger charge is -2.28. The summed E-state index contributed by atoms with van der Waals surface area (Å²) in [7, 11) is 0. The smallest absolute Gasteiger partial charge is 0.212 e. The number of nitrogens with zero attached hydrogens (tertiary/aromatic N) is 1. The van der Waals surface area contributed by atoms with Crippen molar-refractivity contribution in [2.24, 2.45) is 5.92 Å². The second-order valence-electron chi connectivity index (χ2n) is 4.29. The minimum Gasteiger partial charge on any atom is -0.317 e. The van der Waals surface area contributed by atoms with E-state index in [0.29, 0.717) is 11.8 Å². The van der Waals surface area contributed by atoms with E-state index in [1.807, 2.05) is 6.07 Å². The quantitative estimate of drug-likeness (QED) is 0.754. The first-order valence-electron chi connectivity index (χ1n) is 5.59. The highest BCUT2D eigenvalue weighted by Crippen LogP contribution is 2.29. The number of hydrogen-bond donors (Lipinski definition) is 1. The van der Waals surface area contributed by atoms with Crippen molar-refractivity contribution in [3.05, 3.63) is 29.8 Å². The topological polar surface area (TPSA) is 24.9 Å². The minimum absolute atomic E-state index is 0.392. The summed E-state index contributed by atoms with van der Waals surface area (Å²) in [5.41, 5.74) is 1.16. The third kappa shape index (κ3) is 2.53. The molecule has 0 bridgehead atoms. The molecule has 2 nitrogen and oxygen atoms in total. The lowest BCUT2D eigenvalue weighted by Crippen LogP contribution is -2.30. The van der Waals surface area contributed by atoms with E-state index in [1.54, 1.807) is 6.20 Å². The summed E-state index contributed by atoms with van der Waals surface area (Å²) in [6, 6.07) is 3.31. The molecule has 2 heterocycles. The van der Waals surface area contributed by atoms with E-state index in [0.717, 1.165) is 18.7 Å². The lowest BCUT2D eigenvalue weighted by molar-refractivity contribution is 0.329. The van der Waals surface area contributed by atoms with Crippen molar-refractivity contribution in [3.63, 3.8) is 0 Å². The number of halogens is 1. The third-order valence-electron chi connectivity index (χ3n) is 3.37. The molecule has 1 saturated heterocycles. The van der Waals surface area contributed by atoms with Crippen LogP contribution in [0.5, 0.6) is 0 Å². The Morgan fingerprint density at radius 1 is 1.40 bits per heavy atom. The van der Waals surface area contributed by atoms with E-state index in [-0.39, 0.29) is 0 Å². The Labute approximate surface area is 89.9 Å². The monoisotopic (exact) mass is 208 g/mol. The SMILES string of the molecule is CC(c1ccc(F)nc1)C1CCNCC1. The molecule has 1 aliphatic rings. The molecule has 15 heavy (non-hydrogen) atoms. The zero-order valence-electron chi connectivity index (χ0n) is 9.04. The molecule has 1 aromatic rings. The molecule has 0 aliphatic carbocycles. The van der Waals surface area contributed by atoms with E-state index < -0.39 is 5.95 Å². The van der Waals surface area contributed by atoms with Gasteiger partial charge in [-0.3, -0.25) is 0 Å². The molecule has 2 rings (SSSR count). The van der Waals surface area contributed by atoms with Gasteiger partial charge in [-0.05, 0) is 49.4 Å². The molecule has 0 saturated carbocycles. The molecule has 1 aliphatic heterocycles. The van der Waals surface area contributed by atoms with Crippen molar-refractivity contribution < 1.29 is 4.39 Å². The van der Waals surface area contributed by atoms with Gasteiger partial charge in [0.1, 0.15) is 0 Å². The van der Waals surface area contributed by atoms with Crippen LogP contribution in [0.25, 0.3) is 0 Å². The predicted octanol–water partition coefficient (Wildman–Crippen LogP) is 2.32. The summed E-state index contributed by atoms with van der Waals surface area (Å²) in [4.78, 5) is 3.71. The summed E-state index contributed by atoms with van der Waals surface area (Å²) >= 11 is 0. The minimum atomic E-state index is -0.392. The molecule has 0 spiro atoms. The van der Waals surface area contributed by atoms with Gasteiger partial charge in [0.25, 0.3) is 0 Å². The summed E-state index contributed by atoms with van der Waals surface area (Å²) in [5, 5.41) is 3.35. The van der Waals surface area contributed by atoms with Gasteiger partial charge in [-0.1, -0.05) is 13.0 Å². The Morgan fingerprint density at radius 2 is 2.13 bits per heavy atom. The van der Waals surface area contributed by atoms with Crippen molar-refractivity contribution in [1.29, 1.82) is 0 Å². The van der Waals surface area contributed by atoms with E-state index in [2.05, 4.69) is 17.2 Å². The number of hydrogen-bond acceptors (Lipinski definition) is 2. The Balaban J connectivity index is 2.05. The molecule has 82 valence electrons. The van der Waals surface area contributed by atoms with Gasteiger partial charge < -0.3 is 5.32 Å². The average Bonchev–Trinajstić information content (AvgIpc) is 2.30. The Bertz CT molecular complexity index is 304. The second kappa shape index (κ2) is 4.71. The summed E-state index contributed by atoms with van der Waals surface area (Å²) in [5.74, 6) is 0.801. The highest BCUT2D eigenvalue weighted by Gasteiger charge is 2.21. The van der Waals surface area contributed by atoms with Crippen LogP contribution in [-0.4, -0.2) is 18.1 Å². The number of aromatic nitrogens is 1. The van der Waals surface area contributed by atoms with Crippen molar-refractivity contribution in [2.75, 3.05) is 13.1 Å². The maximum atomic E-state index is 12.7. The molecule has 0 radical (unpaired) electrons. The first-order chi connectivity index (χ1) is 7.27.